The molecule has 2 aromatic rings. The highest BCUT2D eigenvalue weighted by Crippen LogP contribution is 2.48. The summed E-state index contributed by atoms with van der Waals surface area (Å²) in [5.41, 5.74) is 3.07. The van der Waals surface area contributed by atoms with Crippen LogP contribution in [0.5, 0.6) is 0 Å². The van der Waals surface area contributed by atoms with E-state index in [0.29, 0.717) is 5.92 Å². The molecular formula is C19H21NS. The van der Waals surface area contributed by atoms with Crippen molar-refractivity contribution in [1.82, 2.24) is 5.32 Å². The van der Waals surface area contributed by atoms with Crippen LogP contribution in [0.2, 0.25) is 0 Å². The molecule has 1 N–H and O–H groups in total. The smallest absolute Gasteiger partial charge is 0.0160 e. The van der Waals surface area contributed by atoms with Crippen LogP contribution >= 0.6 is 11.8 Å². The summed E-state index contributed by atoms with van der Waals surface area (Å²) in [6, 6.07) is 17.9. The molecule has 2 heteroatoms. The van der Waals surface area contributed by atoms with Crippen molar-refractivity contribution in [3.8, 4) is 0 Å². The van der Waals surface area contributed by atoms with Crippen molar-refractivity contribution in [1.29, 1.82) is 0 Å². The maximum Gasteiger partial charge on any atom is 0.0160 e. The predicted molar refractivity (Wildman–Crippen MR) is 89.1 cm³/mol. The Morgan fingerprint density at radius 1 is 0.952 bits per heavy atom. The summed E-state index contributed by atoms with van der Waals surface area (Å²) in [4.78, 5) is 2.90. The van der Waals surface area contributed by atoms with Gasteiger partial charge in [-0.25, -0.2) is 0 Å². The molecule has 0 amide bonds. The molecule has 0 saturated carbocycles. The Bertz CT molecular complexity index is 585. The van der Waals surface area contributed by atoms with Gasteiger partial charge in [-0.15, -0.1) is 0 Å². The van der Waals surface area contributed by atoms with Crippen LogP contribution in [0.3, 0.4) is 0 Å². The SMILES string of the molecule is c1ccc2c(c1)Sc1ccccc1C2CC1CCCNC1. The predicted octanol–water partition coefficient (Wildman–Crippen LogP) is 4.67. The fourth-order valence-electron chi connectivity index (χ4n) is 3.72. The summed E-state index contributed by atoms with van der Waals surface area (Å²) in [5.74, 6) is 1.39. The fourth-order valence-corrected chi connectivity index (χ4v) is 4.91. The maximum absolute atomic E-state index is 3.57. The Labute approximate surface area is 131 Å². The van der Waals surface area contributed by atoms with Crippen LogP contribution in [-0.2, 0) is 0 Å². The summed E-state index contributed by atoms with van der Waals surface area (Å²) in [6.07, 6.45) is 3.98. The van der Waals surface area contributed by atoms with Crippen molar-refractivity contribution in [2.75, 3.05) is 13.1 Å². The van der Waals surface area contributed by atoms with Crippen LogP contribution in [0.1, 0.15) is 36.3 Å². The van der Waals surface area contributed by atoms with Gasteiger partial charge in [-0.2, -0.15) is 0 Å². The van der Waals surface area contributed by atoms with Crippen LogP contribution in [0.15, 0.2) is 58.3 Å². The van der Waals surface area contributed by atoms with Gasteiger partial charge in [0.25, 0.3) is 0 Å². The first kappa shape index (κ1) is 13.4. The van der Waals surface area contributed by atoms with E-state index in [4.69, 9.17) is 0 Å². The Balaban J connectivity index is 1.70. The van der Waals surface area contributed by atoms with E-state index in [9.17, 15) is 0 Å². The zero-order valence-electron chi connectivity index (χ0n) is 12.2. The van der Waals surface area contributed by atoms with Crippen molar-refractivity contribution in [2.24, 2.45) is 5.92 Å². The normalized spacial score (nSPS) is 21.6. The minimum Gasteiger partial charge on any atom is -0.316 e. The van der Waals surface area contributed by atoms with E-state index in [-0.39, 0.29) is 0 Å². The Morgan fingerprint density at radius 2 is 1.62 bits per heavy atom. The van der Waals surface area contributed by atoms with Gasteiger partial charge in [-0.1, -0.05) is 48.2 Å². The lowest BCUT2D eigenvalue weighted by molar-refractivity contribution is 0.344. The van der Waals surface area contributed by atoms with E-state index in [1.807, 2.05) is 11.8 Å². The molecule has 2 heterocycles. The second-order valence-corrected chi connectivity index (χ2v) is 7.26. The second-order valence-electron chi connectivity index (χ2n) is 6.18. The number of hydrogen-bond acceptors (Lipinski definition) is 2. The van der Waals surface area contributed by atoms with Gasteiger partial charge >= 0.3 is 0 Å². The maximum atomic E-state index is 3.57. The van der Waals surface area contributed by atoms with Crippen molar-refractivity contribution in [2.45, 2.75) is 35.0 Å². The molecule has 2 aliphatic rings. The molecule has 1 fully saturated rings. The summed E-state index contributed by atoms with van der Waals surface area (Å²) < 4.78 is 0. The van der Waals surface area contributed by atoms with Crippen LogP contribution in [0, 0.1) is 5.92 Å². The molecule has 1 atom stereocenters. The first-order valence-electron chi connectivity index (χ1n) is 7.98. The van der Waals surface area contributed by atoms with Crippen molar-refractivity contribution in [3.05, 3.63) is 59.7 Å². The molecule has 1 saturated heterocycles. The van der Waals surface area contributed by atoms with Crippen LogP contribution in [-0.4, -0.2) is 13.1 Å². The molecule has 108 valence electrons. The molecule has 21 heavy (non-hydrogen) atoms. The molecule has 0 radical (unpaired) electrons. The number of rotatable bonds is 2. The lowest BCUT2D eigenvalue weighted by Crippen LogP contribution is -2.31. The zero-order valence-corrected chi connectivity index (χ0v) is 13.0. The van der Waals surface area contributed by atoms with Gasteiger partial charge in [0.1, 0.15) is 0 Å². The number of piperidine rings is 1. The topological polar surface area (TPSA) is 12.0 Å². The monoisotopic (exact) mass is 295 g/mol. The first-order chi connectivity index (χ1) is 10.4. The molecule has 2 aliphatic heterocycles. The molecule has 0 spiro atoms. The summed E-state index contributed by atoms with van der Waals surface area (Å²) in [7, 11) is 0. The third kappa shape index (κ3) is 2.63. The summed E-state index contributed by atoms with van der Waals surface area (Å²) in [5, 5.41) is 3.57. The van der Waals surface area contributed by atoms with Crippen LogP contribution in [0.25, 0.3) is 0 Å². The number of fused-ring (bicyclic) bond motifs is 2. The molecule has 1 nitrogen and oxygen atoms in total. The van der Waals surface area contributed by atoms with Crippen LogP contribution < -0.4 is 5.32 Å². The number of nitrogens with one attached hydrogen (secondary N) is 1. The van der Waals surface area contributed by atoms with E-state index >= 15 is 0 Å². The van der Waals surface area contributed by atoms with Gasteiger partial charge in [0.2, 0.25) is 0 Å². The van der Waals surface area contributed by atoms with E-state index < -0.39 is 0 Å². The van der Waals surface area contributed by atoms with E-state index in [0.717, 1.165) is 5.92 Å². The lowest BCUT2D eigenvalue weighted by Gasteiger charge is -2.32. The highest BCUT2D eigenvalue weighted by Gasteiger charge is 2.28. The largest absolute Gasteiger partial charge is 0.316 e. The first-order valence-corrected chi connectivity index (χ1v) is 8.80. The quantitative estimate of drug-likeness (QED) is 0.864. The van der Waals surface area contributed by atoms with E-state index in [1.54, 1.807) is 0 Å². The van der Waals surface area contributed by atoms with Gasteiger partial charge in [-0.05, 0) is 61.5 Å². The average molecular weight is 295 g/mol. The lowest BCUT2D eigenvalue weighted by atomic mass is 9.81. The van der Waals surface area contributed by atoms with Crippen molar-refractivity contribution >= 4 is 11.8 Å². The van der Waals surface area contributed by atoms with E-state index in [2.05, 4.69) is 53.8 Å². The van der Waals surface area contributed by atoms with Crippen molar-refractivity contribution < 1.29 is 0 Å². The van der Waals surface area contributed by atoms with Gasteiger partial charge in [0.05, 0.1) is 0 Å². The standard InChI is InChI=1S/C19H21NS/c1-3-9-18-15(7-1)17(12-14-6-5-11-20-13-14)16-8-2-4-10-19(16)21-18/h1-4,7-10,14,17,20H,5-6,11-13H2. The minimum atomic E-state index is 0.573. The van der Waals surface area contributed by atoms with Gasteiger partial charge in [0, 0.05) is 15.7 Å². The van der Waals surface area contributed by atoms with Crippen LogP contribution in [0.4, 0.5) is 0 Å². The third-order valence-electron chi connectivity index (χ3n) is 4.78. The molecule has 0 aromatic heterocycles. The Kier molecular flexibility index (Phi) is 3.74. The van der Waals surface area contributed by atoms with Crippen molar-refractivity contribution in [3.63, 3.8) is 0 Å². The van der Waals surface area contributed by atoms with Gasteiger partial charge in [-0.3, -0.25) is 0 Å². The fraction of sp³-hybridized carbons (Fsp3) is 0.368. The van der Waals surface area contributed by atoms with Gasteiger partial charge in [0.15, 0.2) is 0 Å². The minimum absolute atomic E-state index is 0.573. The Hall–Kier alpha value is -1.25. The molecular weight excluding hydrogens is 274 g/mol. The third-order valence-corrected chi connectivity index (χ3v) is 5.96. The molecule has 2 aromatic carbocycles. The second kappa shape index (κ2) is 5.86. The summed E-state index contributed by atoms with van der Waals surface area (Å²) in [6.45, 7) is 2.39. The summed E-state index contributed by atoms with van der Waals surface area (Å²) >= 11 is 1.93. The number of benzene rings is 2. The highest BCUT2D eigenvalue weighted by molar-refractivity contribution is 7.99. The molecule has 0 bridgehead atoms. The molecule has 1 unspecified atom stereocenters. The molecule has 0 aliphatic carbocycles. The Morgan fingerprint density at radius 3 is 2.24 bits per heavy atom. The average Bonchev–Trinajstić information content (AvgIpc) is 2.55. The highest BCUT2D eigenvalue weighted by atomic mass is 32.2. The number of hydrogen-bond donors (Lipinski definition) is 1. The zero-order chi connectivity index (χ0) is 14.1. The van der Waals surface area contributed by atoms with Gasteiger partial charge < -0.3 is 5.32 Å². The van der Waals surface area contributed by atoms with E-state index in [1.165, 1.54) is 53.3 Å². The molecule has 4 rings (SSSR count).